The van der Waals surface area contributed by atoms with Crippen molar-refractivity contribution in [3.05, 3.63) is 23.8 Å². The fraction of sp³-hybridized carbons (Fsp3) is 0.688. The molecule has 1 saturated heterocycles. The first-order chi connectivity index (χ1) is 9.47. The Bertz CT molecular complexity index is 471. The normalized spacial score (nSPS) is 19.1. The van der Waals surface area contributed by atoms with Crippen molar-refractivity contribution < 1.29 is 4.79 Å². The van der Waals surface area contributed by atoms with E-state index >= 15 is 0 Å². The summed E-state index contributed by atoms with van der Waals surface area (Å²) in [6, 6.07) is 1.73. The van der Waals surface area contributed by atoms with E-state index in [1.54, 1.807) is 12.3 Å². The third kappa shape index (κ3) is 3.56. The van der Waals surface area contributed by atoms with Gasteiger partial charge in [0.2, 0.25) is 0 Å². The average molecular weight is 275 g/mol. The molecule has 0 spiro atoms. The molecule has 0 aliphatic carbocycles. The smallest absolute Gasteiger partial charge is 0.272 e. The van der Waals surface area contributed by atoms with Crippen molar-refractivity contribution in [2.75, 3.05) is 13.1 Å². The average Bonchev–Trinajstić information content (AvgIpc) is 2.85. The highest BCUT2D eigenvalue weighted by molar-refractivity contribution is 5.92. The van der Waals surface area contributed by atoms with Gasteiger partial charge in [-0.3, -0.25) is 4.79 Å². The van der Waals surface area contributed by atoms with Gasteiger partial charge < -0.3 is 4.90 Å². The third-order valence-corrected chi connectivity index (χ3v) is 3.79. The number of aromatic nitrogens is 2. The fourth-order valence-electron chi connectivity index (χ4n) is 2.81. The van der Waals surface area contributed by atoms with Gasteiger partial charge in [0.15, 0.2) is 0 Å². The highest BCUT2D eigenvalue weighted by Crippen LogP contribution is 2.24. The Morgan fingerprint density at radius 2 is 2.15 bits per heavy atom. The van der Waals surface area contributed by atoms with Crippen molar-refractivity contribution in [3.8, 4) is 0 Å². The zero-order valence-electron chi connectivity index (χ0n) is 13.0. The molecule has 2 rings (SSSR count). The van der Waals surface area contributed by atoms with Crippen LogP contribution < -0.4 is 0 Å². The lowest BCUT2D eigenvalue weighted by molar-refractivity contribution is 0.0779. The minimum atomic E-state index is 0.0561. The minimum Gasteiger partial charge on any atom is -0.337 e. The molecule has 0 bridgehead atoms. The van der Waals surface area contributed by atoms with E-state index in [2.05, 4.69) is 23.8 Å². The number of hydrogen-bond donors (Lipinski definition) is 0. The summed E-state index contributed by atoms with van der Waals surface area (Å²) in [5.41, 5.74) is 0.536. The van der Waals surface area contributed by atoms with E-state index in [4.69, 9.17) is 0 Å². The first-order valence-electron chi connectivity index (χ1n) is 7.59. The van der Waals surface area contributed by atoms with E-state index in [0.29, 0.717) is 17.5 Å². The molecule has 1 aliphatic rings. The van der Waals surface area contributed by atoms with Crippen molar-refractivity contribution in [1.29, 1.82) is 0 Å². The van der Waals surface area contributed by atoms with Crippen LogP contribution in [0.3, 0.4) is 0 Å². The highest BCUT2D eigenvalue weighted by atomic mass is 16.2. The number of carbonyl (C=O) groups is 1. The second-order valence-corrected chi connectivity index (χ2v) is 6.49. The second kappa shape index (κ2) is 6.33. The predicted octanol–water partition coefficient (Wildman–Crippen LogP) is 3.11. The lowest BCUT2D eigenvalue weighted by atomic mass is 9.97. The van der Waals surface area contributed by atoms with Crippen LogP contribution in [-0.4, -0.2) is 33.9 Å². The molecule has 110 valence electrons. The highest BCUT2D eigenvalue weighted by Gasteiger charge is 2.28. The van der Waals surface area contributed by atoms with Crippen LogP contribution in [0.4, 0.5) is 0 Å². The van der Waals surface area contributed by atoms with Gasteiger partial charge in [-0.2, -0.15) is 0 Å². The molecule has 1 aromatic heterocycles. The number of nitrogens with zero attached hydrogens (tertiary/aromatic N) is 3. The molecule has 1 fully saturated rings. The lowest BCUT2D eigenvalue weighted by Crippen LogP contribution is -2.30. The third-order valence-electron chi connectivity index (χ3n) is 3.79. The Morgan fingerprint density at radius 3 is 2.80 bits per heavy atom. The molecular formula is C16H25N3O. The molecule has 1 atom stereocenters. The maximum atomic E-state index is 12.5. The van der Waals surface area contributed by atoms with Gasteiger partial charge in [-0.1, -0.05) is 27.7 Å². The van der Waals surface area contributed by atoms with Crippen molar-refractivity contribution in [2.45, 2.75) is 46.5 Å². The minimum absolute atomic E-state index is 0.0561. The van der Waals surface area contributed by atoms with Gasteiger partial charge in [0.1, 0.15) is 11.5 Å². The van der Waals surface area contributed by atoms with Crippen molar-refractivity contribution in [3.63, 3.8) is 0 Å². The summed E-state index contributed by atoms with van der Waals surface area (Å²) in [4.78, 5) is 23.1. The van der Waals surface area contributed by atoms with E-state index in [1.807, 2.05) is 18.7 Å². The number of likely N-dealkylation sites (tertiary alicyclic amines) is 1. The monoisotopic (exact) mass is 275 g/mol. The zero-order valence-corrected chi connectivity index (χ0v) is 13.0. The van der Waals surface area contributed by atoms with Gasteiger partial charge in [0, 0.05) is 25.2 Å². The summed E-state index contributed by atoms with van der Waals surface area (Å²) in [6.07, 6.45) is 4.01. The first kappa shape index (κ1) is 14.9. The Labute approximate surface area is 121 Å². The summed E-state index contributed by atoms with van der Waals surface area (Å²) >= 11 is 0. The molecule has 4 heteroatoms. The van der Waals surface area contributed by atoms with Gasteiger partial charge in [-0.05, 0) is 30.7 Å². The zero-order chi connectivity index (χ0) is 14.7. The van der Waals surface area contributed by atoms with E-state index in [9.17, 15) is 4.79 Å². The number of amides is 1. The van der Waals surface area contributed by atoms with Gasteiger partial charge >= 0.3 is 0 Å². The van der Waals surface area contributed by atoms with Crippen LogP contribution in [0.2, 0.25) is 0 Å². The molecule has 0 N–H and O–H groups in total. The molecule has 0 aromatic carbocycles. The topological polar surface area (TPSA) is 46.1 Å². The van der Waals surface area contributed by atoms with Crippen LogP contribution in [0.15, 0.2) is 12.3 Å². The molecule has 1 aromatic rings. The van der Waals surface area contributed by atoms with Crippen LogP contribution in [0.5, 0.6) is 0 Å². The molecule has 0 saturated carbocycles. The van der Waals surface area contributed by atoms with Crippen LogP contribution in [0.25, 0.3) is 0 Å². The van der Waals surface area contributed by atoms with E-state index in [1.165, 1.54) is 6.42 Å². The van der Waals surface area contributed by atoms with Gasteiger partial charge in [0.05, 0.1) is 0 Å². The van der Waals surface area contributed by atoms with Gasteiger partial charge in [0.25, 0.3) is 5.91 Å². The summed E-state index contributed by atoms with van der Waals surface area (Å²) in [6.45, 7) is 10.3. The van der Waals surface area contributed by atoms with Crippen LogP contribution in [0, 0.1) is 11.8 Å². The van der Waals surface area contributed by atoms with Gasteiger partial charge in [-0.25, -0.2) is 9.97 Å². The molecule has 4 nitrogen and oxygen atoms in total. The standard InChI is InChI=1S/C16H25N3O/c1-11(2)9-13-6-8-19(10-13)16(20)14-5-7-17-15(18-14)12(3)4/h5,7,11-13H,6,8-10H2,1-4H3/t13-/m0/s1. The largest absolute Gasteiger partial charge is 0.337 e. The lowest BCUT2D eigenvalue weighted by Gasteiger charge is -2.17. The molecule has 1 amide bonds. The molecular weight excluding hydrogens is 250 g/mol. The summed E-state index contributed by atoms with van der Waals surface area (Å²) in [5, 5.41) is 0. The van der Waals surface area contributed by atoms with E-state index in [-0.39, 0.29) is 11.8 Å². The molecule has 2 heterocycles. The van der Waals surface area contributed by atoms with E-state index in [0.717, 1.165) is 25.3 Å². The van der Waals surface area contributed by atoms with Crippen molar-refractivity contribution >= 4 is 5.91 Å². The van der Waals surface area contributed by atoms with Crippen molar-refractivity contribution in [1.82, 2.24) is 14.9 Å². The van der Waals surface area contributed by atoms with Crippen LogP contribution >= 0.6 is 0 Å². The van der Waals surface area contributed by atoms with Gasteiger partial charge in [-0.15, -0.1) is 0 Å². The second-order valence-electron chi connectivity index (χ2n) is 6.49. The Kier molecular flexibility index (Phi) is 4.73. The summed E-state index contributed by atoms with van der Waals surface area (Å²) in [5.74, 6) is 2.39. The van der Waals surface area contributed by atoms with Crippen LogP contribution in [0.1, 0.15) is 62.8 Å². The molecule has 1 aliphatic heterocycles. The van der Waals surface area contributed by atoms with E-state index < -0.39 is 0 Å². The number of carbonyl (C=O) groups excluding carboxylic acids is 1. The molecule has 0 radical (unpaired) electrons. The molecule has 0 unspecified atom stereocenters. The quantitative estimate of drug-likeness (QED) is 0.848. The summed E-state index contributed by atoms with van der Waals surface area (Å²) in [7, 11) is 0. The fourth-order valence-corrected chi connectivity index (χ4v) is 2.81. The van der Waals surface area contributed by atoms with Crippen LogP contribution in [-0.2, 0) is 0 Å². The Morgan fingerprint density at radius 1 is 1.40 bits per heavy atom. The number of rotatable bonds is 4. The summed E-state index contributed by atoms with van der Waals surface area (Å²) < 4.78 is 0. The number of hydrogen-bond acceptors (Lipinski definition) is 3. The van der Waals surface area contributed by atoms with Crippen molar-refractivity contribution in [2.24, 2.45) is 11.8 Å². The Balaban J connectivity index is 2.03. The predicted molar refractivity (Wildman–Crippen MR) is 79.6 cm³/mol. The Hall–Kier alpha value is -1.45. The SMILES string of the molecule is CC(C)C[C@@H]1CCN(C(=O)c2ccnc(C(C)C)n2)C1. The molecule has 20 heavy (non-hydrogen) atoms. The first-order valence-corrected chi connectivity index (χ1v) is 7.59. The maximum absolute atomic E-state index is 12.5. The maximum Gasteiger partial charge on any atom is 0.272 e.